The third-order valence-corrected chi connectivity index (χ3v) is 2.64. The summed E-state index contributed by atoms with van der Waals surface area (Å²) in [5.74, 6) is 0.413. The van der Waals surface area contributed by atoms with Gasteiger partial charge in [-0.05, 0) is 6.07 Å². The summed E-state index contributed by atoms with van der Waals surface area (Å²) in [5.41, 5.74) is 5.68. The highest BCUT2D eigenvalue weighted by Crippen LogP contribution is 2.34. The summed E-state index contributed by atoms with van der Waals surface area (Å²) in [4.78, 5) is 17.2. The van der Waals surface area contributed by atoms with Crippen LogP contribution in [-0.2, 0) is 0 Å². The van der Waals surface area contributed by atoms with Gasteiger partial charge in [0.25, 0.3) is 5.56 Å². The van der Waals surface area contributed by atoms with Crippen LogP contribution in [0.3, 0.4) is 0 Å². The molecule has 5 nitrogen and oxygen atoms in total. The zero-order chi connectivity index (χ0) is 12.4. The molecule has 0 aliphatic rings. The lowest BCUT2D eigenvalue weighted by atomic mass is 10.3. The average Bonchev–Trinajstić information content (AvgIpc) is 2.26. The third kappa shape index (κ3) is 2.69. The summed E-state index contributed by atoms with van der Waals surface area (Å²) in [6, 6.07) is 4.12. The second-order valence-corrected chi connectivity index (χ2v) is 3.97. The molecule has 88 valence electrons. The fraction of sp³-hybridized carbons (Fsp3) is 0. The molecule has 0 saturated carbocycles. The molecular weight excluding hydrogens is 265 g/mol. The second-order valence-electron chi connectivity index (χ2n) is 3.16. The molecule has 1 heterocycles. The van der Waals surface area contributed by atoms with Crippen molar-refractivity contribution in [2.75, 3.05) is 5.73 Å². The number of nitrogens with zero attached hydrogens (tertiary/aromatic N) is 1. The second kappa shape index (κ2) is 4.65. The summed E-state index contributed by atoms with van der Waals surface area (Å²) in [7, 11) is 0. The van der Waals surface area contributed by atoms with E-state index in [1.54, 1.807) is 0 Å². The number of hydrogen-bond acceptors (Lipinski definition) is 4. The number of anilines is 1. The summed E-state index contributed by atoms with van der Waals surface area (Å²) in [6.07, 6.45) is 1.23. The average molecular weight is 272 g/mol. The van der Waals surface area contributed by atoms with Gasteiger partial charge in [-0.1, -0.05) is 23.2 Å². The van der Waals surface area contributed by atoms with Crippen molar-refractivity contribution in [2.24, 2.45) is 0 Å². The Morgan fingerprint density at radius 1 is 1.24 bits per heavy atom. The zero-order valence-electron chi connectivity index (χ0n) is 8.41. The van der Waals surface area contributed by atoms with Crippen LogP contribution < -0.4 is 16.0 Å². The maximum atomic E-state index is 11.0. The number of H-pyrrole nitrogens is 1. The van der Waals surface area contributed by atoms with Gasteiger partial charge in [-0.3, -0.25) is 4.79 Å². The monoisotopic (exact) mass is 271 g/mol. The van der Waals surface area contributed by atoms with Gasteiger partial charge in [-0.25, -0.2) is 4.98 Å². The SMILES string of the molecule is Nc1cc(Cl)c(Cl)cc1Oc1cc(=O)[nH]cn1. The number of ether oxygens (including phenoxy) is 1. The van der Waals surface area contributed by atoms with Crippen molar-refractivity contribution in [3.63, 3.8) is 0 Å². The Kier molecular flexibility index (Phi) is 3.21. The van der Waals surface area contributed by atoms with Gasteiger partial charge in [-0.2, -0.15) is 0 Å². The number of benzene rings is 1. The van der Waals surface area contributed by atoms with Crippen molar-refractivity contribution in [3.05, 3.63) is 44.9 Å². The van der Waals surface area contributed by atoms with Gasteiger partial charge in [0.15, 0.2) is 5.75 Å². The van der Waals surface area contributed by atoms with Crippen LogP contribution in [0.15, 0.2) is 29.3 Å². The molecule has 17 heavy (non-hydrogen) atoms. The number of hydrogen-bond donors (Lipinski definition) is 2. The summed E-state index contributed by atoms with van der Waals surface area (Å²) >= 11 is 11.6. The highest BCUT2D eigenvalue weighted by molar-refractivity contribution is 6.42. The minimum Gasteiger partial charge on any atom is -0.437 e. The lowest BCUT2D eigenvalue weighted by molar-refractivity contribution is 0.463. The third-order valence-electron chi connectivity index (χ3n) is 1.92. The van der Waals surface area contributed by atoms with Crippen LogP contribution >= 0.6 is 23.2 Å². The highest BCUT2D eigenvalue weighted by Gasteiger charge is 2.08. The topological polar surface area (TPSA) is 81.0 Å². The largest absolute Gasteiger partial charge is 0.437 e. The molecule has 0 saturated heterocycles. The van der Waals surface area contributed by atoms with Crippen molar-refractivity contribution in [3.8, 4) is 11.6 Å². The van der Waals surface area contributed by atoms with Crippen molar-refractivity contribution in [2.45, 2.75) is 0 Å². The van der Waals surface area contributed by atoms with Crippen molar-refractivity contribution in [1.82, 2.24) is 9.97 Å². The first-order chi connectivity index (χ1) is 8.06. The number of nitrogens with one attached hydrogen (secondary N) is 1. The van der Waals surface area contributed by atoms with Crippen molar-refractivity contribution < 1.29 is 4.74 Å². The molecule has 0 atom stereocenters. The van der Waals surface area contributed by atoms with Gasteiger partial charge in [0.1, 0.15) is 0 Å². The molecule has 0 unspecified atom stereocenters. The summed E-state index contributed by atoms with van der Waals surface area (Å²) in [6.45, 7) is 0. The first-order valence-corrected chi connectivity index (χ1v) is 5.29. The number of nitrogen functional groups attached to an aromatic ring is 1. The van der Waals surface area contributed by atoms with Gasteiger partial charge >= 0.3 is 0 Å². The highest BCUT2D eigenvalue weighted by atomic mass is 35.5. The number of halogens is 2. The van der Waals surface area contributed by atoms with E-state index < -0.39 is 0 Å². The predicted molar refractivity (Wildman–Crippen MR) is 65.8 cm³/mol. The van der Waals surface area contributed by atoms with Crippen LogP contribution in [-0.4, -0.2) is 9.97 Å². The summed E-state index contributed by atoms with van der Waals surface area (Å²) < 4.78 is 5.33. The van der Waals surface area contributed by atoms with Crippen LogP contribution in [0.25, 0.3) is 0 Å². The Morgan fingerprint density at radius 2 is 1.94 bits per heavy atom. The molecule has 2 aromatic rings. The smallest absolute Gasteiger partial charge is 0.254 e. The van der Waals surface area contributed by atoms with Gasteiger partial charge in [0.05, 0.1) is 28.1 Å². The van der Waals surface area contributed by atoms with E-state index in [-0.39, 0.29) is 17.2 Å². The van der Waals surface area contributed by atoms with Gasteiger partial charge < -0.3 is 15.5 Å². The van der Waals surface area contributed by atoms with Gasteiger partial charge in [-0.15, -0.1) is 0 Å². The predicted octanol–water partition coefficient (Wildman–Crippen LogP) is 2.45. The first-order valence-electron chi connectivity index (χ1n) is 4.53. The lowest BCUT2D eigenvalue weighted by Crippen LogP contribution is -2.05. The van der Waals surface area contributed by atoms with Crippen molar-refractivity contribution >= 4 is 28.9 Å². The number of rotatable bonds is 2. The quantitative estimate of drug-likeness (QED) is 0.823. The minimum atomic E-state index is -0.325. The Bertz CT molecular complexity index is 613. The first kappa shape index (κ1) is 11.8. The number of aromatic nitrogens is 2. The van der Waals surface area contributed by atoms with Crippen LogP contribution in [0.5, 0.6) is 11.6 Å². The summed E-state index contributed by atoms with van der Waals surface area (Å²) in [5, 5.41) is 0.635. The lowest BCUT2D eigenvalue weighted by Gasteiger charge is -2.08. The molecule has 0 radical (unpaired) electrons. The Hall–Kier alpha value is -1.72. The van der Waals surface area contributed by atoms with Crippen LogP contribution in [0.4, 0.5) is 5.69 Å². The molecular formula is C10H7Cl2N3O2. The molecule has 3 N–H and O–H groups in total. The van der Waals surface area contributed by atoms with Crippen LogP contribution in [0, 0.1) is 0 Å². The Morgan fingerprint density at radius 3 is 2.65 bits per heavy atom. The molecule has 2 rings (SSSR count). The normalized spacial score (nSPS) is 10.2. The van der Waals surface area contributed by atoms with E-state index in [9.17, 15) is 4.79 Å². The Balaban J connectivity index is 2.36. The van der Waals surface area contributed by atoms with E-state index in [0.717, 1.165) is 0 Å². The maximum absolute atomic E-state index is 11.0. The van der Waals surface area contributed by atoms with Gasteiger partial charge in [0, 0.05) is 6.07 Å². The molecule has 0 fully saturated rings. The van der Waals surface area contributed by atoms with Crippen LogP contribution in [0.1, 0.15) is 0 Å². The number of aromatic amines is 1. The molecule has 1 aromatic carbocycles. The van der Waals surface area contributed by atoms with Crippen molar-refractivity contribution in [1.29, 1.82) is 0 Å². The van der Waals surface area contributed by atoms with Crippen LogP contribution in [0.2, 0.25) is 10.0 Å². The molecule has 1 aromatic heterocycles. The van der Waals surface area contributed by atoms with E-state index in [4.69, 9.17) is 33.7 Å². The maximum Gasteiger partial charge on any atom is 0.254 e. The molecule has 0 spiro atoms. The molecule has 0 aliphatic carbocycles. The van der Waals surface area contributed by atoms with E-state index in [0.29, 0.717) is 15.7 Å². The fourth-order valence-electron chi connectivity index (χ4n) is 1.15. The van der Waals surface area contributed by atoms with Gasteiger partial charge in [0.2, 0.25) is 5.88 Å². The molecule has 0 aliphatic heterocycles. The molecule has 0 bridgehead atoms. The van der Waals surface area contributed by atoms with E-state index in [2.05, 4.69) is 9.97 Å². The minimum absolute atomic E-state index is 0.124. The standard InChI is InChI=1S/C10H7Cl2N3O2/c11-5-1-7(13)8(2-6(5)12)17-10-3-9(16)14-4-15-10/h1-4H,13H2,(H,14,15,16). The van der Waals surface area contributed by atoms with E-state index in [1.807, 2.05) is 0 Å². The molecule has 0 amide bonds. The number of nitrogens with two attached hydrogens (primary N) is 1. The van der Waals surface area contributed by atoms with E-state index in [1.165, 1.54) is 24.5 Å². The Labute approximate surface area is 106 Å². The fourth-order valence-corrected chi connectivity index (χ4v) is 1.48. The zero-order valence-corrected chi connectivity index (χ0v) is 9.92. The molecule has 7 heteroatoms. The van der Waals surface area contributed by atoms with E-state index >= 15 is 0 Å².